The summed E-state index contributed by atoms with van der Waals surface area (Å²) < 4.78 is 0. The smallest absolute Gasteiger partial charge is 0.661 e. The molecule has 2 aromatic heterocycles. The first-order valence-electron chi connectivity index (χ1n) is 19.1. The second kappa shape index (κ2) is 18.6. The van der Waals surface area contributed by atoms with Crippen molar-refractivity contribution in [3.63, 3.8) is 0 Å². The van der Waals surface area contributed by atoms with Crippen molar-refractivity contribution in [3.8, 4) is 0 Å². The first-order chi connectivity index (χ1) is 27.2. The van der Waals surface area contributed by atoms with Crippen molar-refractivity contribution in [2.24, 2.45) is 9.98 Å². The number of allylic oxidation sites excluding steroid dienone is 5. The molecule has 4 heterocycles. The number of aromatic nitrogens is 2. The van der Waals surface area contributed by atoms with Crippen LogP contribution < -0.4 is 9.97 Å². The molecule has 6 aromatic rings. The Kier molecular flexibility index (Phi) is 13.2. The summed E-state index contributed by atoms with van der Waals surface area (Å²) in [5.74, 6) is 0. The SMILES string of the molecule is CC1=CC(C)=N/C1=C(/c1ccccc1)c1[n-]c(C)cc1C.Cc1cccc(C)c1/C(=C1\C=CC(/C=C/c2ccccc2)=N1)c1ccc(/C=C/c2ccccc2)[n-]1.[Ni+2]. The van der Waals surface area contributed by atoms with E-state index >= 15 is 0 Å². The summed E-state index contributed by atoms with van der Waals surface area (Å²) in [5.41, 5.74) is 19.6. The van der Waals surface area contributed by atoms with Gasteiger partial charge >= 0.3 is 16.5 Å². The molecule has 284 valence electrons. The van der Waals surface area contributed by atoms with Gasteiger partial charge in [-0.2, -0.15) is 5.69 Å². The molecule has 8 rings (SSSR count). The van der Waals surface area contributed by atoms with E-state index in [2.05, 4.69) is 155 Å². The fraction of sp³-hybridized carbons (Fsp3) is 0.115. The summed E-state index contributed by atoms with van der Waals surface area (Å²) in [6.45, 7) is 12.6. The van der Waals surface area contributed by atoms with Crippen molar-refractivity contribution in [1.82, 2.24) is 9.97 Å². The van der Waals surface area contributed by atoms with Gasteiger partial charge in [0.2, 0.25) is 0 Å². The van der Waals surface area contributed by atoms with E-state index in [9.17, 15) is 0 Å². The molecule has 5 heteroatoms. The van der Waals surface area contributed by atoms with Gasteiger partial charge in [0.1, 0.15) is 0 Å². The van der Waals surface area contributed by atoms with Crippen molar-refractivity contribution < 1.29 is 16.5 Å². The molecule has 0 spiro atoms. The molecule has 4 nitrogen and oxygen atoms in total. The first-order valence-corrected chi connectivity index (χ1v) is 19.1. The molecule has 4 aromatic carbocycles. The normalized spacial score (nSPS) is 15.2. The second-order valence-electron chi connectivity index (χ2n) is 14.2. The number of hydrogen-bond donors (Lipinski definition) is 0. The predicted molar refractivity (Wildman–Crippen MR) is 238 cm³/mol. The monoisotopic (exact) mass is 784 g/mol. The van der Waals surface area contributed by atoms with Gasteiger partial charge in [-0.25, -0.2) is 4.99 Å². The van der Waals surface area contributed by atoms with Crippen LogP contribution in [0.4, 0.5) is 0 Å². The van der Waals surface area contributed by atoms with E-state index in [-0.39, 0.29) is 16.5 Å². The van der Waals surface area contributed by atoms with Gasteiger partial charge in [-0.3, -0.25) is 4.99 Å². The fourth-order valence-electron chi connectivity index (χ4n) is 7.16. The minimum atomic E-state index is 0. The van der Waals surface area contributed by atoms with Crippen LogP contribution in [0.2, 0.25) is 0 Å². The van der Waals surface area contributed by atoms with Gasteiger partial charge in [0.25, 0.3) is 0 Å². The summed E-state index contributed by atoms with van der Waals surface area (Å²) >= 11 is 0. The van der Waals surface area contributed by atoms with Crippen LogP contribution in [0.3, 0.4) is 0 Å². The molecule has 0 atom stereocenters. The topological polar surface area (TPSA) is 52.9 Å². The summed E-state index contributed by atoms with van der Waals surface area (Å²) in [6.07, 6.45) is 14.6. The van der Waals surface area contributed by atoms with Gasteiger partial charge in [0.15, 0.2) is 0 Å². The van der Waals surface area contributed by atoms with Crippen LogP contribution in [0.15, 0.2) is 179 Å². The summed E-state index contributed by atoms with van der Waals surface area (Å²) in [5, 5.41) is 0. The van der Waals surface area contributed by atoms with Crippen molar-refractivity contribution in [2.45, 2.75) is 41.5 Å². The van der Waals surface area contributed by atoms with Crippen molar-refractivity contribution in [1.29, 1.82) is 0 Å². The number of aliphatic imine (C=N–C) groups is 2. The van der Waals surface area contributed by atoms with Crippen LogP contribution in [-0.2, 0) is 16.5 Å². The Morgan fingerprint density at radius 1 is 0.544 bits per heavy atom. The Morgan fingerprint density at radius 3 is 1.74 bits per heavy atom. The van der Waals surface area contributed by atoms with Gasteiger partial charge in [-0.1, -0.05) is 158 Å². The molecule has 2 aliphatic heterocycles. The number of benzene rings is 4. The third-order valence-electron chi connectivity index (χ3n) is 9.77. The van der Waals surface area contributed by atoms with Crippen LogP contribution in [0.1, 0.15) is 75.6 Å². The zero-order valence-electron chi connectivity index (χ0n) is 33.3. The molecule has 0 saturated carbocycles. The first kappa shape index (κ1) is 40.4. The minimum Gasteiger partial charge on any atom is -0.661 e. The molecule has 57 heavy (non-hydrogen) atoms. The molecule has 2 aliphatic rings. The number of rotatable bonds is 8. The van der Waals surface area contributed by atoms with Crippen molar-refractivity contribution in [3.05, 3.63) is 230 Å². The van der Waals surface area contributed by atoms with E-state index in [1.807, 2.05) is 56.3 Å². The van der Waals surface area contributed by atoms with Gasteiger partial charge in [-0.05, 0) is 109 Å². The average molecular weight is 786 g/mol. The quantitative estimate of drug-likeness (QED) is 0.144. The molecule has 0 aliphatic carbocycles. The van der Waals surface area contributed by atoms with Crippen LogP contribution in [0.25, 0.3) is 29.4 Å². The Hall–Kier alpha value is -6.29. The summed E-state index contributed by atoms with van der Waals surface area (Å²) in [4.78, 5) is 19.4. The fourth-order valence-corrected chi connectivity index (χ4v) is 7.16. The molecule has 0 fully saturated rings. The zero-order chi connectivity index (χ0) is 39.0. The van der Waals surface area contributed by atoms with E-state index in [0.717, 1.165) is 67.9 Å². The average Bonchev–Trinajstić information content (AvgIpc) is 4.01. The van der Waals surface area contributed by atoms with E-state index < -0.39 is 0 Å². The Morgan fingerprint density at radius 2 is 1.16 bits per heavy atom. The standard InChI is InChI=1S/C33H27N2.C19H19N2.Ni/c1-24-10-9-11-25(2)32(24)33(30-22-20-28(34-30)18-16-26-12-5-3-6-13-26)31-23-21-29(35-31)19-17-27-14-7-4-8-15-27;1-12-10-14(3)20-18(12)17(16-8-6-5-7-9-16)19-13(2)11-15(4)21-19;/h3-23H,1-2H3;5-11H,1-4H3;/q2*-1;+2/b18-16+,19-17+,33-30+;18-17-;. The zero-order valence-corrected chi connectivity index (χ0v) is 34.3. The Balaban J connectivity index is 0.000000214. The van der Waals surface area contributed by atoms with E-state index in [4.69, 9.17) is 20.0 Å². The van der Waals surface area contributed by atoms with E-state index in [1.54, 1.807) is 0 Å². The minimum absolute atomic E-state index is 0. The molecule has 0 radical (unpaired) electrons. The maximum Gasteiger partial charge on any atom is 2.00 e. The summed E-state index contributed by atoms with van der Waals surface area (Å²) in [7, 11) is 0. The van der Waals surface area contributed by atoms with E-state index in [1.165, 1.54) is 33.4 Å². The summed E-state index contributed by atoms with van der Waals surface area (Å²) in [6, 6.07) is 43.7. The van der Waals surface area contributed by atoms with Gasteiger partial charge in [-0.15, -0.1) is 17.1 Å². The second-order valence-corrected chi connectivity index (χ2v) is 14.2. The maximum atomic E-state index is 4.98. The molecule has 0 saturated heterocycles. The molecule has 0 bridgehead atoms. The van der Waals surface area contributed by atoms with Gasteiger partial charge in [0, 0.05) is 5.71 Å². The largest absolute Gasteiger partial charge is 2.00 e. The molecule has 0 N–H and O–H groups in total. The maximum absolute atomic E-state index is 4.98. The molecular formula is C52H46N4Ni. The molecule has 0 amide bonds. The Labute approximate surface area is 347 Å². The number of hydrogen-bond acceptors (Lipinski definition) is 2. The Bertz CT molecular complexity index is 2580. The third kappa shape index (κ3) is 9.75. The van der Waals surface area contributed by atoms with Crippen LogP contribution >= 0.6 is 0 Å². The number of aryl methyl sites for hydroxylation is 4. The van der Waals surface area contributed by atoms with Crippen LogP contribution in [0.5, 0.6) is 0 Å². The van der Waals surface area contributed by atoms with Gasteiger partial charge < -0.3 is 9.97 Å². The molecule has 0 unspecified atom stereocenters. The van der Waals surface area contributed by atoms with Gasteiger partial charge in [0.05, 0.1) is 17.1 Å². The predicted octanol–water partition coefficient (Wildman–Crippen LogP) is 12.4. The third-order valence-corrected chi connectivity index (χ3v) is 9.77. The van der Waals surface area contributed by atoms with Crippen LogP contribution in [0, 0.1) is 27.7 Å². The van der Waals surface area contributed by atoms with Crippen molar-refractivity contribution >= 4 is 40.8 Å². The van der Waals surface area contributed by atoms with Crippen molar-refractivity contribution in [2.75, 3.05) is 0 Å². The molecular weight excluding hydrogens is 739 g/mol. The number of nitrogens with zero attached hydrogens (tertiary/aromatic N) is 4. The van der Waals surface area contributed by atoms with E-state index in [0.29, 0.717) is 0 Å². The van der Waals surface area contributed by atoms with Crippen LogP contribution in [-0.4, -0.2) is 11.4 Å².